The van der Waals surface area contributed by atoms with Crippen molar-refractivity contribution in [1.29, 1.82) is 0 Å². The van der Waals surface area contributed by atoms with Crippen molar-refractivity contribution in [3.05, 3.63) is 71.8 Å². The third-order valence-corrected chi connectivity index (χ3v) is 8.11. The molecule has 0 aliphatic carbocycles. The van der Waals surface area contributed by atoms with E-state index in [0.29, 0.717) is 32.2 Å². The van der Waals surface area contributed by atoms with Gasteiger partial charge in [0.25, 0.3) is 0 Å². The number of rotatable bonds is 6. The molecule has 0 spiro atoms. The van der Waals surface area contributed by atoms with E-state index in [4.69, 9.17) is 4.74 Å². The summed E-state index contributed by atoms with van der Waals surface area (Å²) in [5.41, 5.74) is 2.16. The Bertz CT molecular complexity index is 1020. The molecular weight excluding hydrogens is 424 g/mol. The van der Waals surface area contributed by atoms with Crippen LogP contribution in [0.4, 0.5) is 0 Å². The Labute approximate surface area is 190 Å². The summed E-state index contributed by atoms with van der Waals surface area (Å²) < 4.78 is 32.1. The fourth-order valence-corrected chi connectivity index (χ4v) is 5.67. The van der Waals surface area contributed by atoms with E-state index in [1.807, 2.05) is 11.0 Å². The normalized spacial score (nSPS) is 18.8. The third kappa shape index (κ3) is 5.65. The minimum absolute atomic E-state index is 0.00757. The zero-order valence-corrected chi connectivity index (χ0v) is 19.0. The summed E-state index contributed by atoms with van der Waals surface area (Å²) in [6.45, 7) is 3.15. The molecule has 0 unspecified atom stereocenters. The van der Waals surface area contributed by atoms with Crippen molar-refractivity contribution >= 4 is 22.0 Å². The van der Waals surface area contributed by atoms with Crippen LogP contribution >= 0.6 is 0 Å². The predicted octanol–water partition coefficient (Wildman–Crippen LogP) is 3.20. The van der Waals surface area contributed by atoms with Crippen LogP contribution in [0.2, 0.25) is 0 Å². The number of ether oxygens (including phenoxy) is 1. The highest BCUT2D eigenvalue weighted by molar-refractivity contribution is 7.89. The Morgan fingerprint density at radius 1 is 0.938 bits per heavy atom. The predicted molar refractivity (Wildman–Crippen MR) is 125 cm³/mol. The fraction of sp³-hybridized carbons (Fsp3) is 0.400. The van der Waals surface area contributed by atoms with Crippen molar-refractivity contribution < 1.29 is 17.9 Å². The number of benzene rings is 2. The number of piperidine rings is 1. The summed E-state index contributed by atoms with van der Waals surface area (Å²) in [4.78, 5) is 14.8. The Kier molecular flexibility index (Phi) is 7.40. The molecule has 2 heterocycles. The molecule has 2 aliphatic heterocycles. The molecule has 170 valence electrons. The quantitative estimate of drug-likeness (QED) is 0.629. The molecule has 0 bridgehead atoms. The number of amides is 1. The van der Waals surface area contributed by atoms with E-state index in [-0.39, 0.29) is 10.8 Å². The lowest BCUT2D eigenvalue weighted by molar-refractivity contribution is -0.127. The lowest BCUT2D eigenvalue weighted by Crippen LogP contribution is -2.40. The monoisotopic (exact) mass is 454 g/mol. The van der Waals surface area contributed by atoms with E-state index in [2.05, 4.69) is 24.3 Å². The molecule has 1 amide bonds. The van der Waals surface area contributed by atoms with Crippen LogP contribution in [0.5, 0.6) is 0 Å². The molecule has 0 atom stereocenters. The standard InChI is InChI=1S/C25H30N2O4S/c28-25(26-14-12-23(13-15-26)20-22-4-2-1-3-5-22)11-8-21-6-9-24(10-7-21)32(29,30)27-16-18-31-19-17-27/h1-11,23H,12-20H2/b11-8+. The molecule has 7 heteroatoms. The summed E-state index contributed by atoms with van der Waals surface area (Å²) in [6.07, 6.45) is 6.44. The SMILES string of the molecule is O=C(/C=C/c1ccc(S(=O)(=O)N2CCOCC2)cc1)N1CCC(Cc2ccccc2)CC1. The van der Waals surface area contributed by atoms with Gasteiger partial charge in [0.2, 0.25) is 15.9 Å². The van der Waals surface area contributed by atoms with Gasteiger partial charge in [-0.3, -0.25) is 4.79 Å². The largest absolute Gasteiger partial charge is 0.379 e. The minimum atomic E-state index is -3.50. The van der Waals surface area contributed by atoms with E-state index in [9.17, 15) is 13.2 Å². The van der Waals surface area contributed by atoms with Gasteiger partial charge in [-0.2, -0.15) is 4.31 Å². The number of sulfonamides is 1. The zero-order valence-electron chi connectivity index (χ0n) is 18.2. The van der Waals surface area contributed by atoms with Crippen LogP contribution in [0.3, 0.4) is 0 Å². The topological polar surface area (TPSA) is 66.9 Å². The number of morpholine rings is 1. The summed E-state index contributed by atoms with van der Waals surface area (Å²) in [7, 11) is -3.50. The van der Waals surface area contributed by atoms with Gasteiger partial charge < -0.3 is 9.64 Å². The molecular formula is C25H30N2O4S. The zero-order chi connectivity index (χ0) is 22.4. The van der Waals surface area contributed by atoms with Crippen molar-refractivity contribution in [2.24, 2.45) is 5.92 Å². The van der Waals surface area contributed by atoms with Crippen LogP contribution < -0.4 is 0 Å². The maximum Gasteiger partial charge on any atom is 0.246 e. The first-order chi connectivity index (χ1) is 15.5. The van der Waals surface area contributed by atoms with E-state index in [1.165, 1.54) is 9.87 Å². The number of carbonyl (C=O) groups excluding carboxylic acids is 1. The molecule has 0 N–H and O–H groups in total. The summed E-state index contributed by atoms with van der Waals surface area (Å²) in [5, 5.41) is 0. The first-order valence-corrected chi connectivity index (χ1v) is 12.7. The second-order valence-electron chi connectivity index (χ2n) is 8.38. The Hall–Kier alpha value is -2.48. The molecule has 0 aromatic heterocycles. The van der Waals surface area contributed by atoms with Gasteiger partial charge in [0.15, 0.2) is 0 Å². The molecule has 2 aromatic rings. The van der Waals surface area contributed by atoms with Crippen molar-refractivity contribution in [2.45, 2.75) is 24.2 Å². The van der Waals surface area contributed by atoms with Crippen LogP contribution in [0.25, 0.3) is 6.08 Å². The molecule has 32 heavy (non-hydrogen) atoms. The second kappa shape index (κ2) is 10.4. The van der Waals surface area contributed by atoms with Crippen LogP contribution in [0.1, 0.15) is 24.0 Å². The number of hydrogen-bond acceptors (Lipinski definition) is 4. The van der Waals surface area contributed by atoms with E-state index < -0.39 is 10.0 Å². The van der Waals surface area contributed by atoms with Gasteiger partial charge in [0.05, 0.1) is 18.1 Å². The molecule has 0 radical (unpaired) electrons. The smallest absolute Gasteiger partial charge is 0.246 e. The summed E-state index contributed by atoms with van der Waals surface area (Å²) in [6, 6.07) is 17.2. The molecule has 2 saturated heterocycles. The molecule has 4 rings (SSSR count). The maximum absolute atomic E-state index is 12.7. The summed E-state index contributed by atoms with van der Waals surface area (Å²) in [5.74, 6) is 0.625. The lowest BCUT2D eigenvalue weighted by atomic mass is 9.90. The highest BCUT2D eigenvalue weighted by atomic mass is 32.2. The third-order valence-electron chi connectivity index (χ3n) is 6.20. The van der Waals surface area contributed by atoms with Crippen molar-refractivity contribution in [1.82, 2.24) is 9.21 Å². The lowest BCUT2D eigenvalue weighted by Gasteiger charge is -2.31. The highest BCUT2D eigenvalue weighted by Crippen LogP contribution is 2.22. The van der Waals surface area contributed by atoms with Crippen molar-refractivity contribution in [3.8, 4) is 0 Å². The van der Waals surface area contributed by atoms with Crippen LogP contribution in [-0.4, -0.2) is 62.9 Å². The highest BCUT2D eigenvalue weighted by Gasteiger charge is 2.26. The Balaban J connectivity index is 1.29. The molecule has 0 saturated carbocycles. The number of carbonyl (C=O) groups is 1. The van der Waals surface area contributed by atoms with Crippen LogP contribution in [-0.2, 0) is 26.0 Å². The minimum Gasteiger partial charge on any atom is -0.379 e. The summed E-state index contributed by atoms with van der Waals surface area (Å²) >= 11 is 0. The number of nitrogens with zero attached hydrogens (tertiary/aromatic N) is 2. The van der Waals surface area contributed by atoms with E-state index in [0.717, 1.165) is 37.9 Å². The van der Waals surface area contributed by atoms with Gasteiger partial charge in [0, 0.05) is 32.3 Å². The second-order valence-corrected chi connectivity index (χ2v) is 10.3. The molecule has 2 fully saturated rings. The number of hydrogen-bond donors (Lipinski definition) is 0. The van der Waals surface area contributed by atoms with Crippen molar-refractivity contribution in [3.63, 3.8) is 0 Å². The van der Waals surface area contributed by atoms with E-state index in [1.54, 1.807) is 36.4 Å². The number of likely N-dealkylation sites (tertiary alicyclic amines) is 1. The van der Waals surface area contributed by atoms with Gasteiger partial charge in [0.1, 0.15) is 0 Å². The van der Waals surface area contributed by atoms with Crippen molar-refractivity contribution in [2.75, 3.05) is 39.4 Å². The molecule has 6 nitrogen and oxygen atoms in total. The van der Waals surface area contributed by atoms with Gasteiger partial charge in [-0.15, -0.1) is 0 Å². The fourth-order valence-electron chi connectivity index (χ4n) is 4.26. The maximum atomic E-state index is 12.7. The first kappa shape index (κ1) is 22.7. The van der Waals surface area contributed by atoms with Crippen LogP contribution in [0.15, 0.2) is 65.6 Å². The molecule has 2 aromatic carbocycles. The Morgan fingerprint density at radius 2 is 1.59 bits per heavy atom. The van der Waals surface area contributed by atoms with Gasteiger partial charge in [-0.05, 0) is 54.5 Å². The van der Waals surface area contributed by atoms with E-state index >= 15 is 0 Å². The van der Waals surface area contributed by atoms with Crippen LogP contribution in [0, 0.1) is 5.92 Å². The average molecular weight is 455 g/mol. The van der Waals surface area contributed by atoms with Gasteiger partial charge in [-0.25, -0.2) is 8.42 Å². The average Bonchev–Trinajstić information content (AvgIpc) is 2.84. The first-order valence-electron chi connectivity index (χ1n) is 11.2. The Morgan fingerprint density at radius 3 is 2.25 bits per heavy atom. The van der Waals surface area contributed by atoms with Gasteiger partial charge in [-0.1, -0.05) is 42.5 Å². The van der Waals surface area contributed by atoms with Gasteiger partial charge >= 0.3 is 0 Å². The molecule has 2 aliphatic rings.